The van der Waals surface area contributed by atoms with Gasteiger partial charge in [0.15, 0.2) is 0 Å². The smallest absolute Gasteiger partial charge is 0.623 e. The molecule has 0 spiro atoms. The van der Waals surface area contributed by atoms with Gasteiger partial charge in [0.1, 0.15) is 0 Å². The molecule has 0 aliphatic carbocycles. The topological polar surface area (TPSA) is 44.1 Å². The second-order valence-corrected chi connectivity index (χ2v) is 2.61. The van der Waals surface area contributed by atoms with Gasteiger partial charge < -0.3 is 9.78 Å². The number of aromatic nitrogens is 2. The maximum absolute atomic E-state index is 10.9. The van der Waals surface area contributed by atoms with Crippen LogP contribution < -0.4 is 68.7 Å². The van der Waals surface area contributed by atoms with Crippen molar-refractivity contribution in [3.05, 3.63) is 40.4 Å². The van der Waals surface area contributed by atoms with Gasteiger partial charge in [-0.3, -0.25) is 4.98 Å². The summed E-state index contributed by atoms with van der Waals surface area (Å²) in [5.41, 5.74) is 1.42. The van der Waals surface area contributed by atoms with Gasteiger partial charge in [-0.15, -0.1) is 5.52 Å². The normalized spacial score (nSPS) is 9.62. The predicted molar refractivity (Wildman–Crippen MR) is 46.1 cm³/mol. The van der Waals surface area contributed by atoms with Gasteiger partial charge in [-0.05, 0) is 18.4 Å². The van der Waals surface area contributed by atoms with Crippen LogP contribution in [-0.2, 0) is 0 Å². The van der Waals surface area contributed by atoms with Gasteiger partial charge >= 0.3 is 58.2 Å². The van der Waals surface area contributed by atoms with Crippen molar-refractivity contribution in [2.75, 3.05) is 0 Å². The summed E-state index contributed by atoms with van der Waals surface area (Å²) >= 11 is 0. The van der Waals surface area contributed by atoms with E-state index in [9.17, 15) is 4.79 Å². The van der Waals surface area contributed by atoms with Crippen molar-refractivity contribution in [1.29, 1.82) is 0 Å². The molecule has 0 atom stereocenters. The summed E-state index contributed by atoms with van der Waals surface area (Å²) in [6.45, 7) is 1.90. The zero-order valence-corrected chi connectivity index (χ0v) is 12.5. The Morgan fingerprint density at radius 2 is 2.08 bits per heavy atom. The molecule has 0 N–H and O–H groups in total. The fourth-order valence-corrected chi connectivity index (χ4v) is 1.18. The molecule has 0 amide bonds. The molecule has 13 heavy (non-hydrogen) atoms. The van der Waals surface area contributed by atoms with Crippen molar-refractivity contribution in [2.24, 2.45) is 0 Å². The Kier molecular flexibility index (Phi) is 3.97. The van der Waals surface area contributed by atoms with Crippen LogP contribution >= 0.6 is 0 Å². The van der Waals surface area contributed by atoms with Crippen molar-refractivity contribution in [3.8, 4) is 0 Å². The molecule has 0 aliphatic rings. The second kappa shape index (κ2) is 4.60. The van der Waals surface area contributed by atoms with E-state index in [4.69, 9.17) is 0 Å². The van der Waals surface area contributed by atoms with Gasteiger partial charge in [-0.1, -0.05) is 12.1 Å². The Balaban J connectivity index is 0.000000845. The van der Waals surface area contributed by atoms with Gasteiger partial charge in [-0.2, -0.15) is 0 Å². The average molecular weight is 245 g/mol. The Labute approximate surface area is 124 Å². The van der Waals surface area contributed by atoms with Crippen molar-refractivity contribution in [2.45, 2.75) is 6.92 Å². The standard InChI is InChI=1S/C9H8N2O.Rb/c1-6-7-2-3-9(12)11-8(7)4-5-10-6;/h2-5H,1H3,(H,10,11,12);/q;+1/p-1. The zero-order chi connectivity index (χ0) is 8.55. The van der Waals surface area contributed by atoms with E-state index in [1.807, 2.05) is 6.92 Å². The van der Waals surface area contributed by atoms with Gasteiger partial charge in [-0.25, -0.2) is 0 Å². The van der Waals surface area contributed by atoms with Crippen molar-refractivity contribution in [1.82, 2.24) is 9.97 Å². The molecular weight excluding hydrogens is 238 g/mol. The van der Waals surface area contributed by atoms with Crippen molar-refractivity contribution < 1.29 is 58.2 Å². The van der Waals surface area contributed by atoms with Crippen molar-refractivity contribution >= 4 is 10.9 Å². The average Bonchev–Trinajstić information content (AvgIpc) is 2.04. The predicted octanol–water partition coefficient (Wildman–Crippen LogP) is -2.14. The number of nitrogens with zero attached hydrogens (tertiary/aromatic N) is 2. The molecule has 4 heteroatoms. The zero-order valence-electron chi connectivity index (χ0n) is 7.61. The Morgan fingerprint density at radius 3 is 2.85 bits per heavy atom. The molecule has 2 heterocycles. The molecule has 60 valence electrons. The number of aryl methyl sites for hydroxylation is 1. The summed E-state index contributed by atoms with van der Waals surface area (Å²) in [5.74, 6) is 0. The first-order valence-corrected chi connectivity index (χ1v) is 3.67. The van der Waals surface area contributed by atoms with Crippen LogP contribution in [0.5, 0.6) is 0 Å². The molecule has 0 radical (unpaired) electrons. The van der Waals surface area contributed by atoms with Gasteiger partial charge in [0.05, 0.1) is 5.56 Å². The van der Waals surface area contributed by atoms with E-state index in [1.165, 1.54) is 6.07 Å². The fraction of sp³-hybridized carbons (Fsp3) is 0.111. The molecule has 3 nitrogen and oxygen atoms in total. The molecule has 0 aliphatic heterocycles. The number of hydrogen-bond donors (Lipinski definition) is 0. The third kappa shape index (κ3) is 2.34. The second-order valence-electron chi connectivity index (χ2n) is 2.61. The van der Waals surface area contributed by atoms with Crippen LogP contribution in [0.4, 0.5) is 0 Å². The molecule has 2 rings (SSSR count). The Hall–Kier alpha value is 0.165. The van der Waals surface area contributed by atoms with Crippen LogP contribution in [0.2, 0.25) is 0 Å². The van der Waals surface area contributed by atoms with E-state index in [1.54, 1.807) is 18.3 Å². The molecule has 0 unspecified atom stereocenters. The Bertz CT molecular complexity index is 478. The van der Waals surface area contributed by atoms with E-state index < -0.39 is 0 Å². The minimum Gasteiger partial charge on any atom is -0.623 e. The third-order valence-corrected chi connectivity index (χ3v) is 1.79. The number of fused-ring (bicyclic) bond motifs is 1. The maximum Gasteiger partial charge on any atom is 1.00 e. The SMILES string of the molecule is Cc1nccc2[n-]c(=O)ccc12.[Rb+]. The first kappa shape index (κ1) is 11.2. The van der Waals surface area contributed by atoms with Crippen LogP contribution in [0.3, 0.4) is 0 Å². The van der Waals surface area contributed by atoms with Crippen LogP contribution in [0.25, 0.3) is 10.9 Å². The van der Waals surface area contributed by atoms with E-state index in [0.29, 0.717) is 0 Å². The molecular formula is C9H7N2ORb. The van der Waals surface area contributed by atoms with Crippen LogP contribution in [-0.4, -0.2) is 4.98 Å². The number of pyridine rings is 2. The summed E-state index contributed by atoms with van der Waals surface area (Å²) < 4.78 is 0. The summed E-state index contributed by atoms with van der Waals surface area (Å²) in [7, 11) is 0. The van der Waals surface area contributed by atoms with E-state index >= 15 is 0 Å². The Morgan fingerprint density at radius 1 is 1.31 bits per heavy atom. The van der Waals surface area contributed by atoms with Gasteiger partial charge in [0.25, 0.3) is 0 Å². The monoisotopic (exact) mass is 244 g/mol. The first-order chi connectivity index (χ1) is 5.77. The molecule has 0 bridgehead atoms. The minimum absolute atomic E-state index is 0. The van der Waals surface area contributed by atoms with E-state index in [2.05, 4.69) is 9.97 Å². The third-order valence-electron chi connectivity index (χ3n) is 1.79. The number of rotatable bonds is 0. The minimum atomic E-state index is -0.201. The largest absolute Gasteiger partial charge is 1.00 e. The molecule has 2 aromatic rings. The van der Waals surface area contributed by atoms with Crippen LogP contribution in [0.15, 0.2) is 29.2 Å². The van der Waals surface area contributed by atoms with E-state index in [-0.39, 0.29) is 63.7 Å². The molecule has 0 saturated carbocycles. The van der Waals surface area contributed by atoms with Crippen molar-refractivity contribution in [3.63, 3.8) is 0 Å². The van der Waals surface area contributed by atoms with Gasteiger partial charge in [0, 0.05) is 11.9 Å². The number of hydrogen-bond acceptors (Lipinski definition) is 2. The molecule has 0 fully saturated rings. The summed E-state index contributed by atoms with van der Waals surface area (Å²) in [6.07, 6.45) is 1.66. The van der Waals surface area contributed by atoms with E-state index in [0.717, 1.165) is 16.6 Å². The van der Waals surface area contributed by atoms with Crippen LogP contribution in [0, 0.1) is 6.92 Å². The maximum atomic E-state index is 10.9. The van der Waals surface area contributed by atoms with Gasteiger partial charge in [0.2, 0.25) is 0 Å². The quantitative estimate of drug-likeness (QED) is 0.532. The molecule has 0 aromatic carbocycles. The molecule has 2 aromatic heterocycles. The summed E-state index contributed by atoms with van der Waals surface area (Å²) in [6, 6.07) is 4.95. The molecule has 0 saturated heterocycles. The van der Waals surface area contributed by atoms with Crippen LogP contribution in [0.1, 0.15) is 5.69 Å². The summed E-state index contributed by atoms with van der Waals surface area (Å²) in [4.78, 5) is 18.8. The first-order valence-electron chi connectivity index (χ1n) is 3.67. The fourth-order valence-electron chi connectivity index (χ4n) is 1.18. The summed E-state index contributed by atoms with van der Waals surface area (Å²) in [5, 5.41) is 0.942.